The molecule has 2 N–H and O–H groups in total. The Balaban J connectivity index is 1.82. The summed E-state index contributed by atoms with van der Waals surface area (Å²) in [6.07, 6.45) is 2.44. The van der Waals surface area contributed by atoms with Gasteiger partial charge in [-0.1, -0.05) is 34.8 Å². The summed E-state index contributed by atoms with van der Waals surface area (Å²) in [4.78, 5) is 18.0. The van der Waals surface area contributed by atoms with Gasteiger partial charge in [0.1, 0.15) is 0 Å². The van der Waals surface area contributed by atoms with E-state index in [9.17, 15) is 13.2 Å². The number of hydrogen-bond donors (Lipinski definition) is 2. The molecule has 0 amide bonds. The SMILES string of the molecule is O=C(O)c1cnn(-c2nc3cc(S(=O)(=O)c4ccc(Cl)c(Cl)c4)c(Cl)cc3[nH]2)c1. The molecule has 0 saturated heterocycles. The van der Waals surface area contributed by atoms with E-state index in [-0.39, 0.29) is 36.4 Å². The van der Waals surface area contributed by atoms with E-state index < -0.39 is 15.8 Å². The Morgan fingerprint density at radius 3 is 2.48 bits per heavy atom. The van der Waals surface area contributed by atoms with Crippen LogP contribution in [0.3, 0.4) is 0 Å². The highest BCUT2D eigenvalue weighted by Gasteiger charge is 2.23. The number of carbonyl (C=O) groups is 1. The summed E-state index contributed by atoms with van der Waals surface area (Å²) in [7, 11) is -3.99. The lowest BCUT2D eigenvalue weighted by atomic mass is 10.3. The summed E-state index contributed by atoms with van der Waals surface area (Å²) in [5.74, 6) is -0.932. The molecular formula is C17H9Cl3N4O4S. The second-order valence-electron chi connectivity index (χ2n) is 5.92. The van der Waals surface area contributed by atoms with Crippen LogP contribution in [-0.2, 0) is 9.84 Å². The molecule has 4 rings (SSSR count). The second-order valence-corrected chi connectivity index (χ2v) is 9.06. The van der Waals surface area contributed by atoms with Crippen LogP contribution in [-0.4, -0.2) is 39.2 Å². The van der Waals surface area contributed by atoms with Crippen molar-refractivity contribution in [1.29, 1.82) is 0 Å². The van der Waals surface area contributed by atoms with E-state index in [0.717, 1.165) is 0 Å². The number of fused-ring (bicyclic) bond motifs is 1. The number of benzene rings is 2. The van der Waals surface area contributed by atoms with Gasteiger partial charge < -0.3 is 10.1 Å². The third-order valence-corrected chi connectivity index (χ3v) is 7.02. The number of aromatic carboxylic acids is 1. The maximum absolute atomic E-state index is 13.0. The molecule has 0 bridgehead atoms. The average molecular weight is 472 g/mol. The number of carboxylic acid groups (broad SMARTS) is 1. The first-order valence-corrected chi connectivity index (χ1v) is 10.5. The number of hydrogen-bond acceptors (Lipinski definition) is 5. The molecule has 0 atom stereocenters. The van der Waals surface area contributed by atoms with Crippen LogP contribution >= 0.6 is 34.8 Å². The average Bonchev–Trinajstić information content (AvgIpc) is 3.29. The molecule has 0 aliphatic rings. The van der Waals surface area contributed by atoms with Gasteiger partial charge in [-0.05, 0) is 30.3 Å². The quantitative estimate of drug-likeness (QED) is 0.459. The fourth-order valence-electron chi connectivity index (χ4n) is 2.63. The molecule has 0 fully saturated rings. The van der Waals surface area contributed by atoms with Crippen molar-refractivity contribution in [1.82, 2.24) is 19.7 Å². The standard InChI is InChI=1S/C17H9Cl3N4O4S/c18-10-2-1-9(3-11(10)19)29(27,28)15-5-14-13(4-12(15)20)22-17(23-14)24-7-8(6-21-24)16(25)26/h1-7H,(H,22,23)(H,25,26). The zero-order valence-electron chi connectivity index (χ0n) is 14.1. The number of aromatic nitrogens is 4. The maximum atomic E-state index is 13.0. The molecular weight excluding hydrogens is 463 g/mol. The molecule has 148 valence electrons. The zero-order chi connectivity index (χ0) is 20.9. The monoisotopic (exact) mass is 470 g/mol. The van der Waals surface area contributed by atoms with E-state index in [1.54, 1.807) is 0 Å². The van der Waals surface area contributed by atoms with E-state index in [1.807, 2.05) is 0 Å². The van der Waals surface area contributed by atoms with Crippen molar-refractivity contribution in [2.75, 3.05) is 0 Å². The van der Waals surface area contributed by atoms with Crippen LogP contribution in [0.5, 0.6) is 0 Å². The van der Waals surface area contributed by atoms with Crippen molar-refractivity contribution in [3.8, 4) is 5.95 Å². The highest BCUT2D eigenvalue weighted by atomic mass is 35.5. The van der Waals surface area contributed by atoms with Crippen LogP contribution in [0.25, 0.3) is 17.0 Å². The number of carboxylic acids is 1. The summed E-state index contributed by atoms with van der Waals surface area (Å²) in [5, 5.41) is 13.2. The van der Waals surface area contributed by atoms with Gasteiger partial charge in [0.2, 0.25) is 15.8 Å². The lowest BCUT2D eigenvalue weighted by Gasteiger charge is -2.08. The number of rotatable bonds is 4. The first-order valence-electron chi connectivity index (χ1n) is 7.84. The molecule has 0 spiro atoms. The van der Waals surface area contributed by atoms with Gasteiger partial charge in [-0.3, -0.25) is 0 Å². The normalized spacial score (nSPS) is 11.8. The van der Waals surface area contributed by atoms with Crippen molar-refractivity contribution in [2.45, 2.75) is 9.79 Å². The van der Waals surface area contributed by atoms with Gasteiger partial charge in [0.25, 0.3) is 0 Å². The van der Waals surface area contributed by atoms with Gasteiger partial charge >= 0.3 is 5.97 Å². The molecule has 8 nitrogen and oxygen atoms in total. The fraction of sp³-hybridized carbons (Fsp3) is 0. The fourth-order valence-corrected chi connectivity index (χ4v) is 4.82. The number of halogens is 3. The Labute approximate surface area is 178 Å². The number of sulfone groups is 1. The molecule has 0 aliphatic carbocycles. The number of H-pyrrole nitrogens is 1. The number of aromatic amines is 1. The summed E-state index contributed by atoms with van der Waals surface area (Å²) in [6.45, 7) is 0. The molecule has 0 unspecified atom stereocenters. The Morgan fingerprint density at radius 2 is 1.83 bits per heavy atom. The topological polar surface area (TPSA) is 118 Å². The Morgan fingerprint density at radius 1 is 1.07 bits per heavy atom. The minimum Gasteiger partial charge on any atom is -0.478 e. The van der Waals surface area contributed by atoms with Crippen LogP contribution in [0.4, 0.5) is 0 Å². The molecule has 0 saturated carbocycles. The van der Waals surface area contributed by atoms with Crippen LogP contribution in [0.2, 0.25) is 15.1 Å². The van der Waals surface area contributed by atoms with Gasteiger partial charge in [-0.15, -0.1) is 0 Å². The molecule has 2 heterocycles. The van der Waals surface area contributed by atoms with E-state index >= 15 is 0 Å². The van der Waals surface area contributed by atoms with Crippen molar-refractivity contribution >= 4 is 61.6 Å². The highest BCUT2D eigenvalue weighted by Crippen LogP contribution is 2.33. The van der Waals surface area contributed by atoms with E-state index in [0.29, 0.717) is 11.0 Å². The molecule has 0 aliphatic heterocycles. The van der Waals surface area contributed by atoms with Crippen LogP contribution in [0.1, 0.15) is 10.4 Å². The zero-order valence-corrected chi connectivity index (χ0v) is 17.2. The molecule has 12 heteroatoms. The number of imidazole rings is 1. The minimum atomic E-state index is -3.99. The lowest BCUT2D eigenvalue weighted by Crippen LogP contribution is -2.03. The van der Waals surface area contributed by atoms with E-state index in [4.69, 9.17) is 39.9 Å². The van der Waals surface area contributed by atoms with Crippen LogP contribution < -0.4 is 0 Å². The second kappa shape index (κ2) is 7.03. The van der Waals surface area contributed by atoms with Gasteiger partial charge in [0.15, 0.2) is 0 Å². The molecule has 29 heavy (non-hydrogen) atoms. The van der Waals surface area contributed by atoms with Gasteiger partial charge in [-0.2, -0.15) is 5.10 Å². The van der Waals surface area contributed by atoms with Crippen molar-refractivity contribution < 1.29 is 18.3 Å². The highest BCUT2D eigenvalue weighted by molar-refractivity contribution is 7.91. The Hall–Kier alpha value is -2.59. The number of nitrogens with one attached hydrogen (secondary N) is 1. The van der Waals surface area contributed by atoms with Gasteiger partial charge in [-0.25, -0.2) is 22.9 Å². The predicted octanol–water partition coefficient (Wildman–Crippen LogP) is 4.24. The maximum Gasteiger partial charge on any atom is 0.338 e. The smallest absolute Gasteiger partial charge is 0.338 e. The predicted molar refractivity (Wildman–Crippen MR) is 107 cm³/mol. The van der Waals surface area contributed by atoms with Gasteiger partial charge in [0, 0.05) is 6.20 Å². The first kappa shape index (κ1) is 19.7. The molecule has 4 aromatic rings. The van der Waals surface area contributed by atoms with Crippen LogP contribution in [0.15, 0.2) is 52.5 Å². The van der Waals surface area contributed by atoms with Gasteiger partial charge in [0.05, 0.1) is 47.7 Å². The largest absolute Gasteiger partial charge is 0.478 e. The summed E-state index contributed by atoms with van der Waals surface area (Å²) in [6, 6.07) is 6.69. The Bertz CT molecular complexity index is 1400. The van der Waals surface area contributed by atoms with E-state index in [1.165, 1.54) is 47.4 Å². The minimum absolute atomic E-state index is 0.0219. The number of nitrogens with zero attached hydrogens (tertiary/aromatic N) is 3. The van der Waals surface area contributed by atoms with Crippen LogP contribution in [0, 0.1) is 0 Å². The van der Waals surface area contributed by atoms with Crippen molar-refractivity contribution in [3.63, 3.8) is 0 Å². The summed E-state index contributed by atoms with van der Waals surface area (Å²) < 4.78 is 27.2. The Kier molecular flexibility index (Phi) is 4.78. The van der Waals surface area contributed by atoms with Crippen molar-refractivity contribution in [2.24, 2.45) is 0 Å². The first-order chi connectivity index (χ1) is 13.7. The summed E-state index contributed by atoms with van der Waals surface area (Å²) in [5.41, 5.74) is 0.729. The third kappa shape index (κ3) is 3.46. The van der Waals surface area contributed by atoms with Crippen molar-refractivity contribution in [3.05, 3.63) is 63.4 Å². The molecule has 0 radical (unpaired) electrons. The lowest BCUT2D eigenvalue weighted by molar-refractivity contribution is 0.0697. The third-order valence-electron chi connectivity index (χ3n) is 4.06. The summed E-state index contributed by atoms with van der Waals surface area (Å²) >= 11 is 18.0. The van der Waals surface area contributed by atoms with E-state index in [2.05, 4.69) is 15.1 Å². The molecule has 2 aromatic heterocycles. The molecule has 2 aromatic carbocycles.